The van der Waals surface area contributed by atoms with Crippen molar-refractivity contribution in [1.82, 2.24) is 10.1 Å². The highest BCUT2D eigenvalue weighted by Crippen LogP contribution is 2.27. The highest BCUT2D eigenvalue weighted by atomic mass is 16.6. The first-order valence-electron chi connectivity index (χ1n) is 5.47. The molecule has 1 aromatic carbocycles. The van der Waals surface area contributed by atoms with Gasteiger partial charge in [0.05, 0.1) is 11.5 Å². The molecule has 0 fully saturated rings. The van der Waals surface area contributed by atoms with E-state index in [1.54, 1.807) is 13.2 Å². The standard InChI is InChI=1S/C11H12N4O4/c1-18-5-4-10-13-11(19-14-10)7-2-3-8(12)9(6-7)15(16)17/h2-3,6H,4-5,12H2,1H3. The average molecular weight is 264 g/mol. The number of benzene rings is 1. The first-order valence-corrected chi connectivity index (χ1v) is 5.47. The minimum Gasteiger partial charge on any atom is -0.393 e. The number of nitro benzene ring substituents is 1. The molecule has 0 amide bonds. The average Bonchev–Trinajstić information content (AvgIpc) is 2.85. The first-order chi connectivity index (χ1) is 9.11. The van der Waals surface area contributed by atoms with Crippen LogP contribution in [-0.2, 0) is 11.2 Å². The van der Waals surface area contributed by atoms with Gasteiger partial charge in [-0.1, -0.05) is 5.16 Å². The molecule has 1 aromatic heterocycles. The molecule has 0 spiro atoms. The van der Waals surface area contributed by atoms with Crippen molar-refractivity contribution in [3.8, 4) is 11.5 Å². The number of nitrogens with two attached hydrogens (primary N) is 1. The number of hydrogen-bond acceptors (Lipinski definition) is 7. The predicted octanol–water partition coefficient (Wildman–Crippen LogP) is 1.42. The summed E-state index contributed by atoms with van der Waals surface area (Å²) in [6, 6.07) is 4.34. The molecule has 0 saturated carbocycles. The van der Waals surface area contributed by atoms with E-state index in [9.17, 15) is 10.1 Å². The molecule has 100 valence electrons. The Morgan fingerprint density at radius 2 is 2.32 bits per heavy atom. The van der Waals surface area contributed by atoms with Gasteiger partial charge in [-0.2, -0.15) is 4.98 Å². The lowest BCUT2D eigenvalue weighted by molar-refractivity contribution is -0.383. The summed E-state index contributed by atoms with van der Waals surface area (Å²) in [6.45, 7) is 0.473. The van der Waals surface area contributed by atoms with Crippen molar-refractivity contribution >= 4 is 11.4 Å². The molecule has 1 heterocycles. The third-order valence-corrected chi connectivity index (χ3v) is 2.47. The molecular formula is C11H12N4O4. The molecule has 0 bridgehead atoms. The number of ether oxygens (including phenoxy) is 1. The van der Waals surface area contributed by atoms with E-state index in [0.717, 1.165) is 0 Å². The summed E-state index contributed by atoms with van der Waals surface area (Å²) < 4.78 is 9.94. The molecule has 0 aliphatic rings. The SMILES string of the molecule is COCCc1noc(-c2ccc(N)c([N+](=O)[O-])c2)n1. The quantitative estimate of drug-likeness (QED) is 0.492. The summed E-state index contributed by atoms with van der Waals surface area (Å²) in [5.41, 5.74) is 5.87. The summed E-state index contributed by atoms with van der Waals surface area (Å²) in [4.78, 5) is 14.4. The monoisotopic (exact) mass is 264 g/mol. The normalized spacial score (nSPS) is 10.6. The summed E-state index contributed by atoms with van der Waals surface area (Å²) in [5, 5.41) is 14.6. The molecule has 2 rings (SSSR count). The molecule has 19 heavy (non-hydrogen) atoms. The van der Waals surface area contributed by atoms with Gasteiger partial charge in [0.2, 0.25) is 0 Å². The van der Waals surface area contributed by atoms with Crippen LogP contribution in [0.15, 0.2) is 22.7 Å². The maximum Gasteiger partial charge on any atom is 0.292 e. The largest absolute Gasteiger partial charge is 0.393 e. The van der Waals surface area contributed by atoms with Gasteiger partial charge in [-0.05, 0) is 12.1 Å². The summed E-state index contributed by atoms with van der Waals surface area (Å²) in [7, 11) is 1.57. The molecule has 0 saturated heterocycles. The summed E-state index contributed by atoms with van der Waals surface area (Å²) in [6.07, 6.45) is 0.511. The number of aromatic nitrogens is 2. The fourth-order valence-corrected chi connectivity index (χ4v) is 1.50. The Kier molecular flexibility index (Phi) is 3.71. The molecule has 8 nitrogen and oxygen atoms in total. The van der Waals surface area contributed by atoms with Crippen molar-refractivity contribution in [2.75, 3.05) is 19.5 Å². The van der Waals surface area contributed by atoms with Gasteiger partial charge in [-0.25, -0.2) is 0 Å². The Hall–Kier alpha value is -2.48. The highest BCUT2D eigenvalue weighted by Gasteiger charge is 2.16. The second kappa shape index (κ2) is 5.44. The van der Waals surface area contributed by atoms with Crippen molar-refractivity contribution in [3.05, 3.63) is 34.1 Å². The number of hydrogen-bond donors (Lipinski definition) is 1. The second-order valence-corrected chi connectivity index (χ2v) is 3.79. The zero-order chi connectivity index (χ0) is 13.8. The van der Waals surface area contributed by atoms with E-state index in [2.05, 4.69) is 10.1 Å². The van der Waals surface area contributed by atoms with Gasteiger partial charge in [0.1, 0.15) is 5.69 Å². The second-order valence-electron chi connectivity index (χ2n) is 3.79. The lowest BCUT2D eigenvalue weighted by Gasteiger charge is -1.98. The molecule has 8 heteroatoms. The van der Waals surface area contributed by atoms with Gasteiger partial charge < -0.3 is 15.0 Å². The third kappa shape index (κ3) is 2.86. The zero-order valence-electron chi connectivity index (χ0n) is 10.2. The van der Waals surface area contributed by atoms with Crippen LogP contribution >= 0.6 is 0 Å². The number of nitro groups is 1. The van der Waals surface area contributed by atoms with Crippen molar-refractivity contribution in [2.45, 2.75) is 6.42 Å². The van der Waals surface area contributed by atoms with E-state index in [4.69, 9.17) is 15.0 Å². The molecular weight excluding hydrogens is 252 g/mol. The Balaban J connectivity index is 2.29. The Morgan fingerprint density at radius 1 is 1.53 bits per heavy atom. The molecule has 0 aliphatic heterocycles. The number of methoxy groups -OCH3 is 1. The van der Waals surface area contributed by atoms with Gasteiger partial charge >= 0.3 is 0 Å². The van der Waals surface area contributed by atoms with Crippen molar-refractivity contribution < 1.29 is 14.2 Å². The number of rotatable bonds is 5. The van der Waals surface area contributed by atoms with E-state index in [0.29, 0.717) is 24.4 Å². The van der Waals surface area contributed by atoms with Crippen LogP contribution in [-0.4, -0.2) is 28.8 Å². The fourth-order valence-electron chi connectivity index (χ4n) is 1.50. The highest BCUT2D eigenvalue weighted by molar-refractivity contribution is 5.67. The molecule has 0 atom stereocenters. The van der Waals surface area contributed by atoms with E-state index in [1.807, 2.05) is 0 Å². The van der Waals surface area contributed by atoms with Crippen LogP contribution in [0.5, 0.6) is 0 Å². The number of nitrogen functional groups attached to an aromatic ring is 1. The van der Waals surface area contributed by atoms with Crippen molar-refractivity contribution in [1.29, 1.82) is 0 Å². The van der Waals surface area contributed by atoms with E-state index in [-0.39, 0.29) is 17.3 Å². The maximum atomic E-state index is 10.8. The van der Waals surface area contributed by atoms with Crippen molar-refractivity contribution in [3.63, 3.8) is 0 Å². The minimum absolute atomic E-state index is 0.0906. The van der Waals surface area contributed by atoms with Gasteiger partial charge in [0.25, 0.3) is 11.6 Å². The lowest BCUT2D eigenvalue weighted by atomic mass is 10.2. The van der Waals surface area contributed by atoms with Gasteiger partial charge in [0, 0.05) is 25.2 Å². The Labute approximate surface area is 108 Å². The molecule has 0 radical (unpaired) electrons. The van der Waals surface area contributed by atoms with Crippen LogP contribution in [0.2, 0.25) is 0 Å². The number of nitrogens with zero attached hydrogens (tertiary/aromatic N) is 3. The number of anilines is 1. The lowest BCUT2D eigenvalue weighted by Crippen LogP contribution is -1.97. The van der Waals surface area contributed by atoms with Crippen LogP contribution in [0.1, 0.15) is 5.82 Å². The van der Waals surface area contributed by atoms with Crippen LogP contribution < -0.4 is 5.73 Å². The third-order valence-electron chi connectivity index (χ3n) is 2.47. The topological polar surface area (TPSA) is 117 Å². The molecule has 0 unspecified atom stereocenters. The smallest absolute Gasteiger partial charge is 0.292 e. The maximum absolute atomic E-state index is 10.8. The molecule has 2 aromatic rings. The van der Waals surface area contributed by atoms with Crippen LogP contribution in [0.25, 0.3) is 11.5 Å². The van der Waals surface area contributed by atoms with Gasteiger partial charge in [-0.3, -0.25) is 10.1 Å². The molecule has 2 N–H and O–H groups in total. The summed E-state index contributed by atoms with van der Waals surface area (Å²) >= 11 is 0. The van der Waals surface area contributed by atoms with E-state index in [1.165, 1.54) is 12.1 Å². The van der Waals surface area contributed by atoms with Gasteiger partial charge in [-0.15, -0.1) is 0 Å². The van der Waals surface area contributed by atoms with Crippen LogP contribution in [0.3, 0.4) is 0 Å². The zero-order valence-corrected chi connectivity index (χ0v) is 10.2. The van der Waals surface area contributed by atoms with E-state index < -0.39 is 4.92 Å². The Bertz CT molecular complexity index is 596. The Morgan fingerprint density at radius 3 is 3.00 bits per heavy atom. The first kappa shape index (κ1) is 13.0. The minimum atomic E-state index is -0.555. The predicted molar refractivity (Wildman–Crippen MR) is 66.4 cm³/mol. The fraction of sp³-hybridized carbons (Fsp3) is 0.273. The van der Waals surface area contributed by atoms with Crippen molar-refractivity contribution in [2.24, 2.45) is 0 Å². The van der Waals surface area contributed by atoms with E-state index >= 15 is 0 Å². The summed E-state index contributed by atoms with van der Waals surface area (Å²) in [5.74, 6) is 0.700. The van der Waals surface area contributed by atoms with Crippen LogP contribution in [0.4, 0.5) is 11.4 Å². The van der Waals surface area contributed by atoms with Gasteiger partial charge in [0.15, 0.2) is 5.82 Å². The van der Waals surface area contributed by atoms with Crippen LogP contribution in [0, 0.1) is 10.1 Å². The molecule has 0 aliphatic carbocycles.